The van der Waals surface area contributed by atoms with E-state index < -0.39 is 0 Å². The van der Waals surface area contributed by atoms with Gasteiger partial charge >= 0.3 is 5.69 Å². The van der Waals surface area contributed by atoms with Crippen molar-refractivity contribution < 1.29 is 0 Å². The number of tetrazole rings is 1. The third kappa shape index (κ3) is 4.15. The van der Waals surface area contributed by atoms with Crippen LogP contribution in [-0.2, 0) is 12.1 Å². The summed E-state index contributed by atoms with van der Waals surface area (Å²) in [6.45, 7) is 11.1. The van der Waals surface area contributed by atoms with Gasteiger partial charge in [0.15, 0.2) is 0 Å². The molecule has 0 aliphatic rings. The maximum Gasteiger partial charge on any atom is 0.329 e. The molecule has 1 unspecified atom stereocenters. The zero-order chi connectivity index (χ0) is 22.9. The molecule has 4 aromatic rings. The van der Waals surface area contributed by atoms with E-state index in [1.54, 1.807) is 0 Å². The summed E-state index contributed by atoms with van der Waals surface area (Å²) in [5.74, 6) is 0.880. The first-order valence-electron chi connectivity index (χ1n) is 11.0. The number of hydrogen-bond donors (Lipinski definition) is 1. The van der Waals surface area contributed by atoms with Crippen molar-refractivity contribution in [2.75, 3.05) is 0 Å². The van der Waals surface area contributed by atoms with Gasteiger partial charge in [-0.1, -0.05) is 62.4 Å². The second-order valence-electron chi connectivity index (χ2n) is 9.25. The van der Waals surface area contributed by atoms with Gasteiger partial charge in [0.25, 0.3) is 0 Å². The molecule has 0 aliphatic heterocycles. The molecule has 7 nitrogen and oxygen atoms in total. The van der Waals surface area contributed by atoms with Crippen LogP contribution in [0.5, 0.6) is 0 Å². The predicted molar refractivity (Wildman–Crippen MR) is 127 cm³/mol. The number of benzene rings is 2. The van der Waals surface area contributed by atoms with Crippen LogP contribution < -0.4 is 5.69 Å². The molecule has 32 heavy (non-hydrogen) atoms. The fraction of sp³-hybridized carbons (Fsp3) is 0.360. The summed E-state index contributed by atoms with van der Waals surface area (Å²) < 4.78 is 3.77. The molecule has 0 fully saturated rings. The predicted octanol–water partition coefficient (Wildman–Crippen LogP) is 4.81. The number of hydrogen-bond acceptors (Lipinski definition) is 4. The third-order valence-corrected chi connectivity index (χ3v) is 5.97. The Labute approximate surface area is 188 Å². The van der Waals surface area contributed by atoms with Crippen LogP contribution in [0.3, 0.4) is 0 Å². The van der Waals surface area contributed by atoms with E-state index in [0.717, 1.165) is 34.4 Å². The van der Waals surface area contributed by atoms with Gasteiger partial charge in [-0.25, -0.2) is 4.79 Å². The van der Waals surface area contributed by atoms with Gasteiger partial charge in [-0.05, 0) is 55.0 Å². The molecule has 2 aromatic carbocycles. The zero-order valence-corrected chi connectivity index (χ0v) is 19.3. The first kappa shape index (κ1) is 21.7. The van der Waals surface area contributed by atoms with E-state index in [1.807, 2.05) is 33.5 Å². The van der Waals surface area contributed by atoms with Crippen molar-refractivity contribution in [3.05, 3.63) is 76.5 Å². The molecule has 1 N–H and O–H groups in total. The van der Waals surface area contributed by atoms with E-state index in [2.05, 4.69) is 85.6 Å². The molecule has 0 aliphatic carbocycles. The lowest BCUT2D eigenvalue weighted by molar-refractivity contribution is 0.380. The Morgan fingerprint density at radius 1 is 1.03 bits per heavy atom. The Balaban J connectivity index is 1.68. The second-order valence-corrected chi connectivity index (χ2v) is 9.25. The van der Waals surface area contributed by atoms with Crippen LogP contribution in [-0.4, -0.2) is 29.8 Å². The lowest BCUT2D eigenvalue weighted by atomic mass is 9.98. The van der Waals surface area contributed by atoms with Gasteiger partial charge in [-0.15, -0.1) is 10.2 Å². The minimum absolute atomic E-state index is 0.0410. The molecule has 0 bridgehead atoms. The van der Waals surface area contributed by atoms with Crippen LogP contribution in [0.25, 0.3) is 22.5 Å². The zero-order valence-electron chi connectivity index (χ0n) is 19.3. The van der Waals surface area contributed by atoms with Crippen molar-refractivity contribution in [2.45, 2.75) is 59.0 Å². The van der Waals surface area contributed by atoms with Crippen LogP contribution in [0.4, 0.5) is 0 Å². The highest BCUT2D eigenvalue weighted by molar-refractivity contribution is 5.80. The van der Waals surface area contributed by atoms with Gasteiger partial charge in [0.2, 0.25) is 5.82 Å². The van der Waals surface area contributed by atoms with Gasteiger partial charge in [0.1, 0.15) is 0 Å². The minimum Gasteiger partial charge on any atom is -0.294 e. The minimum atomic E-state index is -0.257. The monoisotopic (exact) mass is 430 g/mol. The van der Waals surface area contributed by atoms with Crippen molar-refractivity contribution in [2.24, 2.45) is 0 Å². The fourth-order valence-corrected chi connectivity index (χ4v) is 3.92. The normalized spacial score (nSPS) is 12.8. The number of nitrogens with zero attached hydrogens (tertiary/aromatic N) is 5. The summed E-state index contributed by atoms with van der Waals surface area (Å²) in [5.41, 5.74) is 4.98. The average Bonchev–Trinajstić information content (AvgIpc) is 3.43. The van der Waals surface area contributed by atoms with Gasteiger partial charge in [0, 0.05) is 23.0 Å². The van der Waals surface area contributed by atoms with Crippen LogP contribution in [0.2, 0.25) is 0 Å². The summed E-state index contributed by atoms with van der Waals surface area (Å²) in [7, 11) is 0. The Bertz CT molecular complexity index is 1240. The molecule has 2 aromatic heterocycles. The number of aromatic nitrogens is 6. The van der Waals surface area contributed by atoms with Gasteiger partial charge in [-0.2, -0.15) is 5.21 Å². The highest BCUT2D eigenvalue weighted by Crippen LogP contribution is 2.30. The average molecular weight is 431 g/mol. The third-order valence-electron chi connectivity index (χ3n) is 5.97. The Morgan fingerprint density at radius 2 is 1.72 bits per heavy atom. The SMILES string of the molecule is CCC(C)c1cn(C(C)(C)C)c(=O)n1Cc1ccc(-c2ccccc2-c2nn[nH]n2)cc1. The number of rotatable bonds is 6. The van der Waals surface area contributed by atoms with E-state index in [9.17, 15) is 4.79 Å². The van der Waals surface area contributed by atoms with Crippen molar-refractivity contribution in [3.8, 4) is 22.5 Å². The van der Waals surface area contributed by atoms with E-state index in [1.165, 1.54) is 0 Å². The molecule has 0 spiro atoms. The van der Waals surface area contributed by atoms with E-state index in [-0.39, 0.29) is 11.2 Å². The van der Waals surface area contributed by atoms with Gasteiger partial charge < -0.3 is 0 Å². The van der Waals surface area contributed by atoms with E-state index >= 15 is 0 Å². The molecule has 4 rings (SSSR count). The summed E-state index contributed by atoms with van der Waals surface area (Å²) in [6.07, 6.45) is 3.02. The molecule has 166 valence electrons. The fourth-order valence-electron chi connectivity index (χ4n) is 3.92. The smallest absolute Gasteiger partial charge is 0.294 e. The molecule has 1 atom stereocenters. The molecule has 0 saturated carbocycles. The molecule has 7 heteroatoms. The number of aromatic amines is 1. The highest BCUT2D eigenvalue weighted by Gasteiger charge is 2.22. The highest BCUT2D eigenvalue weighted by atomic mass is 16.1. The van der Waals surface area contributed by atoms with E-state index in [4.69, 9.17) is 0 Å². The summed E-state index contributed by atoms with van der Waals surface area (Å²) in [5, 5.41) is 14.4. The quantitative estimate of drug-likeness (QED) is 0.476. The Morgan fingerprint density at radius 3 is 2.31 bits per heavy atom. The Kier molecular flexibility index (Phi) is 5.82. The van der Waals surface area contributed by atoms with Crippen LogP contribution >= 0.6 is 0 Å². The number of nitrogens with one attached hydrogen (secondary N) is 1. The van der Waals surface area contributed by atoms with Gasteiger partial charge in [-0.3, -0.25) is 9.13 Å². The van der Waals surface area contributed by atoms with Gasteiger partial charge in [0.05, 0.1) is 6.54 Å². The van der Waals surface area contributed by atoms with Crippen molar-refractivity contribution in [3.63, 3.8) is 0 Å². The molecule has 0 radical (unpaired) electrons. The number of H-pyrrole nitrogens is 1. The van der Waals surface area contributed by atoms with Crippen LogP contribution in [0.1, 0.15) is 58.2 Å². The first-order chi connectivity index (χ1) is 15.3. The van der Waals surface area contributed by atoms with Crippen LogP contribution in [0.15, 0.2) is 59.5 Å². The second kappa shape index (κ2) is 8.57. The van der Waals surface area contributed by atoms with E-state index in [0.29, 0.717) is 18.3 Å². The maximum absolute atomic E-state index is 13.2. The molecular formula is C25H30N6O. The molecular weight excluding hydrogens is 400 g/mol. The first-order valence-corrected chi connectivity index (χ1v) is 11.0. The van der Waals surface area contributed by atoms with Crippen molar-refractivity contribution >= 4 is 0 Å². The van der Waals surface area contributed by atoms with Crippen molar-refractivity contribution in [1.82, 2.24) is 29.8 Å². The summed E-state index contributed by atoms with van der Waals surface area (Å²) >= 11 is 0. The standard InChI is InChI=1S/C25H30N6O/c1-6-17(2)22-16-31(25(3,4)5)24(32)30(22)15-18-11-13-19(14-12-18)20-9-7-8-10-21(20)23-26-28-29-27-23/h7-14,16-17H,6,15H2,1-5H3,(H,26,27,28,29). The maximum atomic E-state index is 13.2. The number of imidazole rings is 1. The summed E-state index contributed by atoms with van der Waals surface area (Å²) in [4.78, 5) is 13.2. The van der Waals surface area contributed by atoms with Crippen LogP contribution in [0, 0.1) is 0 Å². The molecule has 2 heterocycles. The molecule has 0 saturated heterocycles. The van der Waals surface area contributed by atoms with Crippen molar-refractivity contribution in [1.29, 1.82) is 0 Å². The largest absolute Gasteiger partial charge is 0.329 e. The summed E-state index contributed by atoms with van der Waals surface area (Å²) in [6, 6.07) is 16.3. The Hall–Kier alpha value is -3.48. The lowest BCUT2D eigenvalue weighted by Gasteiger charge is -2.19. The topological polar surface area (TPSA) is 81.4 Å². The molecule has 0 amide bonds. The lowest BCUT2D eigenvalue weighted by Crippen LogP contribution is -2.34.